The van der Waals surface area contributed by atoms with E-state index in [0.29, 0.717) is 5.56 Å². The van der Waals surface area contributed by atoms with E-state index in [9.17, 15) is 4.79 Å². The highest BCUT2D eigenvalue weighted by Gasteiger charge is 2.11. The average molecular weight is 240 g/mol. The van der Waals surface area contributed by atoms with E-state index in [-0.39, 0.29) is 0 Å². The van der Waals surface area contributed by atoms with Crippen LogP contribution >= 0.6 is 0 Å². The first-order valence-electron chi connectivity index (χ1n) is 5.91. The fourth-order valence-electron chi connectivity index (χ4n) is 2.09. The summed E-state index contributed by atoms with van der Waals surface area (Å²) in [5.74, 6) is -0.877. The molecule has 2 nitrogen and oxygen atoms in total. The Morgan fingerprint density at radius 2 is 1.72 bits per heavy atom. The van der Waals surface area contributed by atoms with Gasteiger partial charge in [0.2, 0.25) is 0 Å². The highest BCUT2D eigenvalue weighted by molar-refractivity contribution is 5.92. The van der Waals surface area contributed by atoms with Gasteiger partial charge in [0.05, 0.1) is 5.56 Å². The molecule has 0 saturated carbocycles. The average Bonchev–Trinajstić information content (AvgIpc) is 2.33. The lowest BCUT2D eigenvalue weighted by atomic mass is 9.94. The number of carbonyl (C=O) groups is 1. The Labute approximate surface area is 107 Å². The van der Waals surface area contributed by atoms with Crippen LogP contribution in [0.3, 0.4) is 0 Å². The van der Waals surface area contributed by atoms with E-state index in [0.717, 1.165) is 16.7 Å². The van der Waals surface area contributed by atoms with Crippen molar-refractivity contribution < 1.29 is 9.90 Å². The van der Waals surface area contributed by atoms with Crippen molar-refractivity contribution in [2.75, 3.05) is 0 Å². The third kappa shape index (κ3) is 2.14. The molecule has 0 bridgehead atoms. The standard InChI is InChI=1S/C16H16O2/c1-10-7-8-13(9-11(10)2)14-5-4-6-15(12(14)3)16(17)18/h4-9H,1-3H3,(H,17,18). The lowest BCUT2D eigenvalue weighted by Crippen LogP contribution is -2.00. The molecule has 0 spiro atoms. The van der Waals surface area contributed by atoms with Gasteiger partial charge >= 0.3 is 5.97 Å². The number of rotatable bonds is 2. The predicted molar refractivity (Wildman–Crippen MR) is 73.0 cm³/mol. The van der Waals surface area contributed by atoms with Crippen molar-refractivity contribution in [2.45, 2.75) is 20.8 Å². The molecule has 2 aromatic carbocycles. The van der Waals surface area contributed by atoms with Crippen LogP contribution in [0.5, 0.6) is 0 Å². The smallest absolute Gasteiger partial charge is 0.335 e. The first-order chi connectivity index (χ1) is 8.50. The largest absolute Gasteiger partial charge is 0.478 e. The van der Waals surface area contributed by atoms with Crippen molar-refractivity contribution in [1.29, 1.82) is 0 Å². The minimum absolute atomic E-state index is 0.366. The molecule has 0 amide bonds. The molecule has 18 heavy (non-hydrogen) atoms. The van der Waals surface area contributed by atoms with E-state index < -0.39 is 5.97 Å². The quantitative estimate of drug-likeness (QED) is 0.862. The lowest BCUT2D eigenvalue weighted by molar-refractivity contribution is 0.0696. The Balaban J connectivity index is 2.60. The van der Waals surface area contributed by atoms with Crippen molar-refractivity contribution in [3.63, 3.8) is 0 Å². The Morgan fingerprint density at radius 3 is 2.33 bits per heavy atom. The van der Waals surface area contributed by atoms with Crippen LogP contribution in [0.4, 0.5) is 0 Å². The van der Waals surface area contributed by atoms with Crippen molar-refractivity contribution in [3.8, 4) is 11.1 Å². The Hall–Kier alpha value is -2.09. The second-order valence-electron chi connectivity index (χ2n) is 4.58. The number of hydrogen-bond acceptors (Lipinski definition) is 1. The second kappa shape index (κ2) is 4.65. The normalized spacial score (nSPS) is 10.4. The van der Waals surface area contributed by atoms with Gasteiger partial charge in [-0.25, -0.2) is 4.79 Å². The molecule has 0 saturated heterocycles. The van der Waals surface area contributed by atoms with Gasteiger partial charge in [0.15, 0.2) is 0 Å². The summed E-state index contributed by atoms with van der Waals surface area (Å²) in [4.78, 5) is 11.1. The summed E-state index contributed by atoms with van der Waals surface area (Å²) >= 11 is 0. The van der Waals surface area contributed by atoms with Gasteiger partial charge in [-0.05, 0) is 54.7 Å². The maximum absolute atomic E-state index is 11.1. The molecule has 0 radical (unpaired) electrons. The number of carboxylic acid groups (broad SMARTS) is 1. The minimum Gasteiger partial charge on any atom is -0.478 e. The number of carboxylic acids is 1. The van der Waals surface area contributed by atoms with E-state index in [2.05, 4.69) is 26.0 Å². The van der Waals surface area contributed by atoms with E-state index >= 15 is 0 Å². The summed E-state index contributed by atoms with van der Waals surface area (Å²) in [7, 11) is 0. The number of benzene rings is 2. The van der Waals surface area contributed by atoms with Crippen LogP contribution in [-0.4, -0.2) is 11.1 Å². The van der Waals surface area contributed by atoms with E-state index in [1.54, 1.807) is 12.1 Å². The van der Waals surface area contributed by atoms with E-state index in [1.165, 1.54) is 11.1 Å². The summed E-state index contributed by atoms with van der Waals surface area (Å²) < 4.78 is 0. The van der Waals surface area contributed by atoms with E-state index in [4.69, 9.17) is 5.11 Å². The molecule has 2 heteroatoms. The zero-order valence-corrected chi connectivity index (χ0v) is 10.8. The molecule has 0 aliphatic rings. The van der Waals surface area contributed by atoms with Crippen LogP contribution in [0.15, 0.2) is 36.4 Å². The molecule has 1 N–H and O–H groups in total. The van der Waals surface area contributed by atoms with Gasteiger partial charge < -0.3 is 5.11 Å². The minimum atomic E-state index is -0.877. The lowest BCUT2D eigenvalue weighted by Gasteiger charge is -2.10. The molecule has 92 valence electrons. The number of aromatic carboxylic acids is 1. The van der Waals surface area contributed by atoms with Crippen LogP contribution in [0, 0.1) is 20.8 Å². The molecule has 0 aliphatic carbocycles. The molecule has 0 heterocycles. The third-order valence-corrected chi connectivity index (χ3v) is 3.38. The van der Waals surface area contributed by atoms with Gasteiger partial charge in [0.1, 0.15) is 0 Å². The van der Waals surface area contributed by atoms with Gasteiger partial charge in [-0.1, -0.05) is 30.3 Å². The zero-order chi connectivity index (χ0) is 13.3. The maximum atomic E-state index is 11.1. The second-order valence-corrected chi connectivity index (χ2v) is 4.58. The molecule has 0 atom stereocenters. The molecule has 0 unspecified atom stereocenters. The van der Waals surface area contributed by atoms with Crippen molar-refractivity contribution in [2.24, 2.45) is 0 Å². The highest BCUT2D eigenvalue weighted by atomic mass is 16.4. The molecule has 0 aromatic heterocycles. The number of hydrogen-bond donors (Lipinski definition) is 1. The first-order valence-corrected chi connectivity index (χ1v) is 5.91. The molecule has 2 rings (SSSR count). The van der Waals surface area contributed by atoms with Crippen LogP contribution in [0.1, 0.15) is 27.0 Å². The summed E-state index contributed by atoms with van der Waals surface area (Å²) in [6.07, 6.45) is 0. The SMILES string of the molecule is Cc1ccc(-c2cccc(C(=O)O)c2C)cc1C. The van der Waals surface area contributed by atoms with Gasteiger partial charge in [-0.3, -0.25) is 0 Å². The van der Waals surface area contributed by atoms with Crippen molar-refractivity contribution in [3.05, 3.63) is 58.7 Å². The summed E-state index contributed by atoms with van der Waals surface area (Å²) in [5.41, 5.74) is 5.69. The van der Waals surface area contributed by atoms with Crippen LogP contribution < -0.4 is 0 Å². The molecular weight excluding hydrogens is 224 g/mol. The monoisotopic (exact) mass is 240 g/mol. The first kappa shape index (κ1) is 12.4. The fourth-order valence-corrected chi connectivity index (χ4v) is 2.09. The predicted octanol–water partition coefficient (Wildman–Crippen LogP) is 3.98. The molecule has 2 aromatic rings. The summed E-state index contributed by atoms with van der Waals surface area (Å²) in [5, 5.41) is 9.14. The van der Waals surface area contributed by atoms with Gasteiger partial charge in [-0.15, -0.1) is 0 Å². The Kier molecular flexibility index (Phi) is 3.19. The summed E-state index contributed by atoms with van der Waals surface area (Å²) in [6, 6.07) is 11.6. The van der Waals surface area contributed by atoms with E-state index in [1.807, 2.05) is 19.1 Å². The van der Waals surface area contributed by atoms with Crippen LogP contribution in [0.25, 0.3) is 11.1 Å². The molecule has 0 aliphatic heterocycles. The van der Waals surface area contributed by atoms with Crippen LogP contribution in [-0.2, 0) is 0 Å². The Morgan fingerprint density at radius 1 is 1.00 bits per heavy atom. The number of aryl methyl sites for hydroxylation is 2. The summed E-state index contributed by atoms with van der Waals surface area (Å²) in [6.45, 7) is 5.99. The fraction of sp³-hybridized carbons (Fsp3) is 0.188. The molecule has 0 fully saturated rings. The van der Waals surface area contributed by atoms with Crippen molar-refractivity contribution in [1.82, 2.24) is 0 Å². The van der Waals surface area contributed by atoms with Gasteiger partial charge in [-0.2, -0.15) is 0 Å². The van der Waals surface area contributed by atoms with Crippen LogP contribution in [0.2, 0.25) is 0 Å². The van der Waals surface area contributed by atoms with Gasteiger partial charge in [0, 0.05) is 0 Å². The zero-order valence-electron chi connectivity index (χ0n) is 10.8. The maximum Gasteiger partial charge on any atom is 0.335 e. The van der Waals surface area contributed by atoms with Gasteiger partial charge in [0.25, 0.3) is 0 Å². The molecular formula is C16H16O2. The van der Waals surface area contributed by atoms with Crippen molar-refractivity contribution >= 4 is 5.97 Å². The highest BCUT2D eigenvalue weighted by Crippen LogP contribution is 2.27. The Bertz CT molecular complexity index is 612. The topological polar surface area (TPSA) is 37.3 Å². The third-order valence-electron chi connectivity index (χ3n) is 3.38.